The lowest BCUT2D eigenvalue weighted by Gasteiger charge is -2.34. The maximum absolute atomic E-state index is 12.8. The van der Waals surface area contributed by atoms with Crippen molar-refractivity contribution in [1.82, 2.24) is 9.80 Å². The van der Waals surface area contributed by atoms with Crippen LogP contribution in [0, 0.1) is 5.92 Å². The Morgan fingerprint density at radius 1 is 1.03 bits per heavy atom. The van der Waals surface area contributed by atoms with Crippen LogP contribution in [-0.2, 0) is 4.79 Å². The fraction of sp³-hybridized carbons (Fsp3) is 0.391. The fourth-order valence-electron chi connectivity index (χ4n) is 4.04. The molecule has 5 nitrogen and oxygen atoms in total. The van der Waals surface area contributed by atoms with E-state index in [2.05, 4.69) is 0 Å². The van der Waals surface area contributed by atoms with Gasteiger partial charge in [0, 0.05) is 43.2 Å². The van der Waals surface area contributed by atoms with Crippen LogP contribution in [0.3, 0.4) is 0 Å². The van der Waals surface area contributed by atoms with E-state index >= 15 is 0 Å². The zero-order valence-corrected chi connectivity index (χ0v) is 17.1. The first-order valence-corrected chi connectivity index (χ1v) is 10.6. The second-order valence-electron chi connectivity index (χ2n) is 7.76. The summed E-state index contributed by atoms with van der Waals surface area (Å²) in [4.78, 5) is 28.5. The number of rotatable bonds is 5. The quantitative estimate of drug-likeness (QED) is 0.720. The first-order valence-electron chi connectivity index (χ1n) is 10.2. The van der Waals surface area contributed by atoms with Crippen molar-refractivity contribution in [2.75, 3.05) is 26.2 Å². The van der Waals surface area contributed by atoms with Crippen molar-refractivity contribution in [3.05, 3.63) is 59.1 Å². The number of carbonyl (C=O) groups is 2. The molecular formula is C23H25ClN2O3. The lowest BCUT2D eigenvalue weighted by atomic mass is 9.95. The summed E-state index contributed by atoms with van der Waals surface area (Å²) in [6, 6.07) is 14.4. The van der Waals surface area contributed by atoms with Gasteiger partial charge in [0.05, 0.1) is 0 Å². The summed E-state index contributed by atoms with van der Waals surface area (Å²) in [5.74, 6) is 2.15. The predicted octanol–water partition coefficient (Wildman–Crippen LogP) is 4.61. The molecule has 4 rings (SSSR count). The first kappa shape index (κ1) is 19.8. The predicted molar refractivity (Wildman–Crippen MR) is 112 cm³/mol. The number of piperidine rings is 1. The average molecular weight is 413 g/mol. The third-order valence-electron chi connectivity index (χ3n) is 5.68. The highest BCUT2D eigenvalue weighted by Gasteiger charge is 2.28. The second kappa shape index (κ2) is 8.87. The molecule has 2 aliphatic rings. The second-order valence-corrected chi connectivity index (χ2v) is 8.20. The number of likely N-dealkylation sites (tertiary alicyclic amines) is 2. The van der Waals surface area contributed by atoms with E-state index in [-0.39, 0.29) is 11.8 Å². The van der Waals surface area contributed by atoms with Gasteiger partial charge in [0.15, 0.2) is 0 Å². The van der Waals surface area contributed by atoms with Crippen LogP contribution in [0.15, 0.2) is 48.5 Å². The highest BCUT2D eigenvalue weighted by molar-refractivity contribution is 6.30. The van der Waals surface area contributed by atoms with Gasteiger partial charge in [0.2, 0.25) is 5.91 Å². The smallest absolute Gasteiger partial charge is 0.253 e. The molecule has 2 fully saturated rings. The molecular weight excluding hydrogens is 388 g/mol. The van der Waals surface area contributed by atoms with Gasteiger partial charge < -0.3 is 14.5 Å². The van der Waals surface area contributed by atoms with Gasteiger partial charge in [0.25, 0.3) is 5.91 Å². The number of amides is 2. The summed E-state index contributed by atoms with van der Waals surface area (Å²) in [5, 5.41) is 0.617. The standard InChI is InChI=1S/C23H25ClN2O3/c24-19-3-1-4-21(15-19)29-20-8-6-18(7-9-20)23(28)25-13-10-17(11-14-25)16-26-12-2-5-22(26)27/h1,3-4,6-9,15,17H,2,5,10-14,16H2. The molecule has 2 aromatic rings. The van der Waals surface area contributed by atoms with Crippen molar-refractivity contribution in [3.63, 3.8) is 0 Å². The Kier molecular flexibility index (Phi) is 6.05. The molecule has 0 unspecified atom stereocenters. The maximum atomic E-state index is 12.8. The van der Waals surface area contributed by atoms with Crippen molar-refractivity contribution < 1.29 is 14.3 Å². The molecule has 0 bridgehead atoms. The number of benzene rings is 2. The highest BCUT2D eigenvalue weighted by Crippen LogP contribution is 2.26. The van der Waals surface area contributed by atoms with Gasteiger partial charge in [0.1, 0.15) is 11.5 Å². The summed E-state index contributed by atoms with van der Waals surface area (Å²) >= 11 is 5.98. The van der Waals surface area contributed by atoms with E-state index in [1.807, 2.05) is 21.9 Å². The van der Waals surface area contributed by atoms with Crippen LogP contribution in [0.4, 0.5) is 0 Å². The van der Waals surface area contributed by atoms with Crippen LogP contribution < -0.4 is 4.74 Å². The van der Waals surface area contributed by atoms with Crippen molar-refractivity contribution in [1.29, 1.82) is 0 Å². The normalized spacial score (nSPS) is 17.6. The van der Waals surface area contributed by atoms with Crippen molar-refractivity contribution in [2.24, 2.45) is 5.92 Å². The Morgan fingerprint density at radius 2 is 1.79 bits per heavy atom. The monoisotopic (exact) mass is 412 g/mol. The van der Waals surface area contributed by atoms with E-state index in [1.54, 1.807) is 36.4 Å². The minimum absolute atomic E-state index is 0.0509. The number of halogens is 1. The third-order valence-corrected chi connectivity index (χ3v) is 5.92. The molecule has 152 valence electrons. The fourth-order valence-corrected chi connectivity index (χ4v) is 4.22. The minimum atomic E-state index is 0.0509. The van der Waals surface area contributed by atoms with Crippen molar-refractivity contribution in [2.45, 2.75) is 25.7 Å². The topological polar surface area (TPSA) is 49.9 Å². The summed E-state index contributed by atoms with van der Waals surface area (Å²) in [7, 11) is 0. The Hall–Kier alpha value is -2.53. The number of hydrogen-bond donors (Lipinski definition) is 0. The van der Waals surface area contributed by atoms with Gasteiger partial charge in [-0.15, -0.1) is 0 Å². The number of nitrogens with zero attached hydrogens (tertiary/aromatic N) is 2. The summed E-state index contributed by atoms with van der Waals surface area (Å²) in [5.41, 5.74) is 0.664. The summed E-state index contributed by atoms with van der Waals surface area (Å²) in [6.45, 7) is 3.22. The third kappa shape index (κ3) is 4.91. The lowest BCUT2D eigenvalue weighted by molar-refractivity contribution is -0.128. The van der Waals surface area contributed by atoms with Gasteiger partial charge >= 0.3 is 0 Å². The van der Waals surface area contributed by atoms with Crippen molar-refractivity contribution in [3.8, 4) is 11.5 Å². The van der Waals surface area contributed by atoms with Crippen LogP contribution in [0.5, 0.6) is 11.5 Å². The molecule has 0 N–H and O–H groups in total. The van der Waals surface area contributed by atoms with Crippen LogP contribution >= 0.6 is 11.6 Å². The number of hydrogen-bond acceptors (Lipinski definition) is 3. The van der Waals surface area contributed by atoms with E-state index in [9.17, 15) is 9.59 Å². The Balaban J connectivity index is 1.30. The molecule has 2 aliphatic heterocycles. The average Bonchev–Trinajstić information content (AvgIpc) is 3.13. The van der Waals surface area contributed by atoms with Gasteiger partial charge in [-0.2, -0.15) is 0 Å². The minimum Gasteiger partial charge on any atom is -0.457 e. The van der Waals surface area contributed by atoms with E-state index in [0.717, 1.165) is 45.4 Å². The molecule has 2 amide bonds. The molecule has 29 heavy (non-hydrogen) atoms. The largest absolute Gasteiger partial charge is 0.457 e. The van der Waals surface area contributed by atoms with Gasteiger partial charge in [-0.3, -0.25) is 9.59 Å². The Morgan fingerprint density at radius 3 is 2.45 bits per heavy atom. The molecule has 0 spiro atoms. The first-order chi connectivity index (χ1) is 14.1. The van der Waals surface area contributed by atoms with Gasteiger partial charge in [-0.25, -0.2) is 0 Å². The summed E-state index contributed by atoms with van der Waals surface area (Å²) < 4.78 is 5.78. The molecule has 0 atom stereocenters. The zero-order valence-electron chi connectivity index (χ0n) is 16.4. The van der Waals surface area contributed by atoms with Crippen LogP contribution in [0.1, 0.15) is 36.0 Å². The SMILES string of the molecule is O=C1CCCN1CC1CCN(C(=O)c2ccc(Oc3cccc(Cl)c3)cc2)CC1. The molecule has 2 saturated heterocycles. The zero-order chi connectivity index (χ0) is 20.2. The molecule has 6 heteroatoms. The van der Waals surface area contributed by atoms with E-state index in [1.165, 1.54) is 0 Å². The molecule has 0 aliphatic carbocycles. The van der Waals surface area contributed by atoms with Crippen molar-refractivity contribution >= 4 is 23.4 Å². The van der Waals surface area contributed by atoms with Gasteiger partial charge in [-0.1, -0.05) is 17.7 Å². The number of ether oxygens (including phenoxy) is 1. The maximum Gasteiger partial charge on any atom is 0.253 e. The highest BCUT2D eigenvalue weighted by atomic mass is 35.5. The molecule has 2 aromatic carbocycles. The summed E-state index contributed by atoms with van der Waals surface area (Å²) in [6.07, 6.45) is 3.57. The van der Waals surface area contributed by atoms with E-state index in [4.69, 9.17) is 16.3 Å². The van der Waals surface area contributed by atoms with E-state index in [0.29, 0.717) is 34.4 Å². The molecule has 0 aromatic heterocycles. The van der Waals surface area contributed by atoms with Gasteiger partial charge in [-0.05, 0) is 67.6 Å². The van der Waals surface area contributed by atoms with Crippen LogP contribution in [0.2, 0.25) is 5.02 Å². The molecule has 2 heterocycles. The van der Waals surface area contributed by atoms with Crippen LogP contribution in [-0.4, -0.2) is 47.8 Å². The Bertz CT molecular complexity index is 876. The number of carbonyl (C=O) groups excluding carboxylic acids is 2. The molecule has 0 radical (unpaired) electrons. The Labute approximate surface area is 176 Å². The molecule has 0 saturated carbocycles. The van der Waals surface area contributed by atoms with E-state index < -0.39 is 0 Å². The van der Waals surface area contributed by atoms with Crippen LogP contribution in [0.25, 0.3) is 0 Å². The lowest BCUT2D eigenvalue weighted by Crippen LogP contribution is -2.41.